The summed E-state index contributed by atoms with van der Waals surface area (Å²) in [4.78, 5) is 11.5. The zero-order valence-electron chi connectivity index (χ0n) is 7.26. The maximum atomic E-state index is 11.5. The molecule has 0 aliphatic rings. The number of nitrogens with zero attached hydrogens (tertiary/aromatic N) is 1. The van der Waals surface area contributed by atoms with Crippen LogP contribution in [0.5, 0.6) is 0 Å². The zero-order valence-corrected chi connectivity index (χ0v) is 10.4. The minimum atomic E-state index is 0.0760. The first kappa shape index (κ1) is 11.4. The molecule has 0 aromatic heterocycles. The molecule has 0 radical (unpaired) electrons. The summed E-state index contributed by atoms with van der Waals surface area (Å²) in [7, 11) is 0. The predicted molar refractivity (Wildman–Crippen MR) is 61.6 cm³/mol. The monoisotopic (exact) mass is 315 g/mol. The third kappa shape index (κ3) is 2.66. The molecule has 0 bridgehead atoms. The maximum Gasteiger partial charge on any atom is 0.163 e. The van der Waals surface area contributed by atoms with Gasteiger partial charge in [-0.15, -0.1) is 0 Å². The van der Waals surface area contributed by atoms with Gasteiger partial charge in [-0.2, -0.15) is 5.26 Å². The van der Waals surface area contributed by atoms with Gasteiger partial charge in [0, 0.05) is 21.8 Å². The number of hydrogen-bond donors (Lipinski definition) is 0. The molecule has 14 heavy (non-hydrogen) atoms. The summed E-state index contributed by atoms with van der Waals surface area (Å²) >= 11 is 6.45. The van der Waals surface area contributed by atoms with Crippen LogP contribution in [0, 0.1) is 11.3 Å². The van der Waals surface area contributed by atoms with Crippen LogP contribution in [0.1, 0.15) is 22.3 Å². The molecule has 1 aromatic carbocycles. The predicted octanol–water partition coefficient (Wildman–Crippen LogP) is 3.29. The van der Waals surface area contributed by atoms with Crippen LogP contribution in [0.2, 0.25) is 0 Å². The van der Waals surface area contributed by atoms with Gasteiger partial charge in [0.1, 0.15) is 6.07 Å². The maximum absolute atomic E-state index is 11.5. The molecule has 0 aliphatic carbocycles. The molecule has 0 atom stereocenters. The number of carbonyl (C=O) groups excluding carboxylic acids is 1. The van der Waals surface area contributed by atoms with Crippen LogP contribution in [0.15, 0.2) is 22.7 Å². The highest BCUT2D eigenvalue weighted by Crippen LogP contribution is 2.18. The molecule has 4 heteroatoms. The Morgan fingerprint density at radius 2 is 2.21 bits per heavy atom. The van der Waals surface area contributed by atoms with E-state index in [1.54, 1.807) is 18.2 Å². The zero-order chi connectivity index (χ0) is 10.6. The van der Waals surface area contributed by atoms with Crippen LogP contribution in [-0.2, 0) is 0 Å². The van der Waals surface area contributed by atoms with Gasteiger partial charge in [0.05, 0.1) is 5.56 Å². The number of benzene rings is 1. The van der Waals surface area contributed by atoms with E-state index in [0.717, 1.165) is 0 Å². The van der Waals surface area contributed by atoms with Crippen molar-refractivity contribution in [3.8, 4) is 6.07 Å². The lowest BCUT2D eigenvalue weighted by Gasteiger charge is -2.00. The fourth-order valence-corrected chi connectivity index (χ4v) is 1.84. The molecule has 0 unspecified atom stereocenters. The van der Waals surface area contributed by atoms with E-state index in [2.05, 4.69) is 31.9 Å². The first-order valence-electron chi connectivity index (χ1n) is 3.98. The molecule has 0 spiro atoms. The molecule has 0 saturated heterocycles. The normalized spacial score (nSPS) is 9.50. The average molecular weight is 317 g/mol. The molecular weight excluding hydrogens is 310 g/mol. The third-order valence-corrected chi connectivity index (χ3v) is 2.79. The highest BCUT2D eigenvalue weighted by molar-refractivity contribution is 9.10. The summed E-state index contributed by atoms with van der Waals surface area (Å²) in [5.41, 5.74) is 1.18. The van der Waals surface area contributed by atoms with Gasteiger partial charge < -0.3 is 0 Å². The standard InChI is InChI=1S/C10H7Br2NO/c11-4-3-10(14)7-1-2-8(6-13)9(12)5-7/h1-2,5H,3-4H2. The molecule has 0 N–H and O–H groups in total. The van der Waals surface area contributed by atoms with E-state index in [1.807, 2.05) is 6.07 Å². The Morgan fingerprint density at radius 1 is 1.50 bits per heavy atom. The van der Waals surface area contributed by atoms with E-state index in [-0.39, 0.29) is 5.78 Å². The minimum absolute atomic E-state index is 0.0760. The Hall–Kier alpha value is -0.660. The number of halogens is 2. The smallest absolute Gasteiger partial charge is 0.163 e. The number of hydrogen-bond acceptors (Lipinski definition) is 2. The van der Waals surface area contributed by atoms with E-state index >= 15 is 0 Å². The van der Waals surface area contributed by atoms with E-state index < -0.39 is 0 Å². The van der Waals surface area contributed by atoms with E-state index in [9.17, 15) is 4.79 Å². The molecule has 2 nitrogen and oxygen atoms in total. The Morgan fingerprint density at radius 3 is 2.71 bits per heavy atom. The first-order valence-corrected chi connectivity index (χ1v) is 5.89. The van der Waals surface area contributed by atoms with Crippen molar-refractivity contribution in [1.82, 2.24) is 0 Å². The first-order chi connectivity index (χ1) is 6.69. The minimum Gasteiger partial charge on any atom is -0.294 e. The van der Waals surface area contributed by atoms with E-state index in [1.165, 1.54) is 0 Å². The van der Waals surface area contributed by atoms with Crippen LogP contribution in [0.3, 0.4) is 0 Å². The van der Waals surface area contributed by atoms with Gasteiger partial charge in [-0.1, -0.05) is 22.0 Å². The van der Waals surface area contributed by atoms with Crippen molar-refractivity contribution in [2.45, 2.75) is 6.42 Å². The fourth-order valence-electron chi connectivity index (χ4n) is 1.01. The van der Waals surface area contributed by atoms with Crippen molar-refractivity contribution >= 4 is 37.6 Å². The molecule has 72 valence electrons. The number of carbonyl (C=O) groups is 1. The molecule has 0 aliphatic heterocycles. The second-order valence-electron chi connectivity index (χ2n) is 2.67. The molecular formula is C10H7Br2NO. The van der Waals surface area contributed by atoms with Crippen LogP contribution in [0.4, 0.5) is 0 Å². The summed E-state index contributed by atoms with van der Waals surface area (Å²) in [6.07, 6.45) is 0.471. The highest BCUT2D eigenvalue weighted by atomic mass is 79.9. The Bertz CT molecular complexity index is 396. The van der Waals surface area contributed by atoms with E-state index in [0.29, 0.717) is 27.4 Å². The number of rotatable bonds is 3. The molecule has 1 rings (SSSR count). The lowest BCUT2D eigenvalue weighted by atomic mass is 10.1. The molecule has 0 fully saturated rings. The number of alkyl halides is 1. The molecule has 0 heterocycles. The van der Waals surface area contributed by atoms with Crippen molar-refractivity contribution in [2.75, 3.05) is 5.33 Å². The number of Topliss-reactive ketones (excluding diaryl/α,β-unsaturated/α-hetero) is 1. The van der Waals surface area contributed by atoms with Crippen molar-refractivity contribution in [3.63, 3.8) is 0 Å². The topological polar surface area (TPSA) is 40.9 Å². The Balaban J connectivity index is 2.98. The SMILES string of the molecule is N#Cc1ccc(C(=O)CCBr)cc1Br. The van der Waals surface area contributed by atoms with Crippen LogP contribution in [0.25, 0.3) is 0 Å². The second-order valence-corrected chi connectivity index (χ2v) is 4.32. The quantitative estimate of drug-likeness (QED) is 0.634. The molecule has 1 aromatic rings. The van der Waals surface area contributed by atoms with Crippen LogP contribution >= 0.6 is 31.9 Å². The van der Waals surface area contributed by atoms with Crippen LogP contribution in [-0.4, -0.2) is 11.1 Å². The number of ketones is 1. The van der Waals surface area contributed by atoms with Gasteiger partial charge in [0.25, 0.3) is 0 Å². The lowest BCUT2D eigenvalue weighted by molar-refractivity contribution is 0.0990. The van der Waals surface area contributed by atoms with Gasteiger partial charge >= 0.3 is 0 Å². The second kappa shape index (κ2) is 5.28. The molecule has 0 saturated carbocycles. The summed E-state index contributed by atoms with van der Waals surface area (Å²) in [5, 5.41) is 9.34. The van der Waals surface area contributed by atoms with Crippen molar-refractivity contribution < 1.29 is 4.79 Å². The summed E-state index contributed by atoms with van der Waals surface area (Å²) in [6, 6.07) is 7.03. The van der Waals surface area contributed by atoms with Gasteiger partial charge in [0.2, 0.25) is 0 Å². The van der Waals surface area contributed by atoms with Gasteiger partial charge in [-0.3, -0.25) is 4.79 Å². The molecule has 0 amide bonds. The lowest BCUT2D eigenvalue weighted by Crippen LogP contribution is -1.99. The average Bonchev–Trinajstić information content (AvgIpc) is 2.18. The summed E-state index contributed by atoms with van der Waals surface area (Å²) in [6.45, 7) is 0. The number of nitriles is 1. The van der Waals surface area contributed by atoms with Crippen molar-refractivity contribution in [3.05, 3.63) is 33.8 Å². The van der Waals surface area contributed by atoms with E-state index in [4.69, 9.17) is 5.26 Å². The fraction of sp³-hybridized carbons (Fsp3) is 0.200. The largest absolute Gasteiger partial charge is 0.294 e. The van der Waals surface area contributed by atoms with Crippen LogP contribution < -0.4 is 0 Å². The summed E-state index contributed by atoms with van der Waals surface area (Å²) in [5.74, 6) is 0.0760. The van der Waals surface area contributed by atoms with Crippen molar-refractivity contribution in [1.29, 1.82) is 5.26 Å². The third-order valence-electron chi connectivity index (χ3n) is 1.73. The highest BCUT2D eigenvalue weighted by Gasteiger charge is 2.07. The van der Waals surface area contributed by atoms with Crippen molar-refractivity contribution in [2.24, 2.45) is 0 Å². The van der Waals surface area contributed by atoms with Gasteiger partial charge in [0.15, 0.2) is 5.78 Å². The summed E-state index contributed by atoms with van der Waals surface area (Å²) < 4.78 is 0.667. The Kier molecular flexibility index (Phi) is 4.30. The van der Waals surface area contributed by atoms with Gasteiger partial charge in [-0.25, -0.2) is 0 Å². The Labute approximate surface area is 99.2 Å². The van der Waals surface area contributed by atoms with Gasteiger partial charge in [-0.05, 0) is 28.1 Å².